The van der Waals surface area contributed by atoms with Crippen LogP contribution in [0.2, 0.25) is 0 Å². The van der Waals surface area contributed by atoms with E-state index < -0.39 is 17.6 Å². The van der Waals surface area contributed by atoms with Crippen LogP contribution in [0.15, 0.2) is 18.2 Å². The Kier molecular flexibility index (Phi) is 3.52. The van der Waals surface area contributed by atoms with Crippen LogP contribution in [0, 0.1) is 17.2 Å². The van der Waals surface area contributed by atoms with E-state index in [9.17, 15) is 22.4 Å². The van der Waals surface area contributed by atoms with Crippen LogP contribution in [0.25, 0.3) is 0 Å². The third kappa shape index (κ3) is 2.94. The summed E-state index contributed by atoms with van der Waals surface area (Å²) in [5.74, 6) is -1.71. The van der Waals surface area contributed by atoms with Crippen molar-refractivity contribution >= 4 is 5.91 Å². The van der Waals surface area contributed by atoms with Crippen molar-refractivity contribution < 1.29 is 22.4 Å². The summed E-state index contributed by atoms with van der Waals surface area (Å²) in [6.07, 6.45) is -3.99. The van der Waals surface area contributed by atoms with E-state index in [4.69, 9.17) is 0 Å². The van der Waals surface area contributed by atoms with Crippen LogP contribution in [0.1, 0.15) is 31.4 Å². The lowest BCUT2D eigenvalue weighted by Crippen LogP contribution is -2.26. The smallest absolute Gasteiger partial charge is 0.352 e. The van der Waals surface area contributed by atoms with Gasteiger partial charge in [-0.3, -0.25) is 4.79 Å². The fourth-order valence-electron chi connectivity index (χ4n) is 2.16. The van der Waals surface area contributed by atoms with E-state index in [1.807, 2.05) is 13.8 Å². The maximum Gasteiger partial charge on any atom is 0.419 e. The highest BCUT2D eigenvalue weighted by atomic mass is 19.4. The van der Waals surface area contributed by atoms with E-state index in [1.165, 1.54) is 6.07 Å². The molecule has 1 aliphatic carbocycles. The second-order valence-electron chi connectivity index (χ2n) is 5.74. The lowest BCUT2D eigenvalue weighted by Gasteiger charge is -2.12. The number of carbonyl (C=O) groups excluding carboxylic acids is 1. The Morgan fingerprint density at radius 3 is 2.50 bits per heavy atom. The van der Waals surface area contributed by atoms with Gasteiger partial charge >= 0.3 is 6.18 Å². The van der Waals surface area contributed by atoms with E-state index in [2.05, 4.69) is 5.32 Å². The molecule has 1 fully saturated rings. The molecule has 0 heterocycles. The minimum atomic E-state index is -4.73. The Hall–Kier alpha value is -1.59. The van der Waals surface area contributed by atoms with E-state index in [0.717, 1.165) is 12.5 Å². The quantitative estimate of drug-likeness (QED) is 0.848. The molecule has 1 aromatic rings. The molecule has 1 aliphatic rings. The molecule has 0 spiro atoms. The summed E-state index contributed by atoms with van der Waals surface area (Å²) in [5.41, 5.74) is -1.54. The van der Waals surface area contributed by atoms with Crippen LogP contribution in [0.3, 0.4) is 0 Å². The third-order valence-electron chi connectivity index (χ3n) is 3.67. The van der Waals surface area contributed by atoms with Crippen molar-refractivity contribution in [2.45, 2.75) is 33.0 Å². The number of rotatable bonds is 3. The maximum absolute atomic E-state index is 13.7. The number of benzene rings is 1. The van der Waals surface area contributed by atoms with Crippen molar-refractivity contribution in [3.8, 4) is 0 Å². The molecule has 2 nitrogen and oxygen atoms in total. The summed E-state index contributed by atoms with van der Waals surface area (Å²) < 4.78 is 51.3. The molecule has 2 rings (SSSR count). The second-order valence-corrected chi connectivity index (χ2v) is 5.74. The average molecular weight is 289 g/mol. The molecule has 110 valence electrons. The summed E-state index contributed by atoms with van der Waals surface area (Å²) in [5, 5.41) is 2.49. The molecule has 0 saturated heterocycles. The van der Waals surface area contributed by atoms with Crippen molar-refractivity contribution in [1.29, 1.82) is 0 Å². The molecule has 1 amide bonds. The highest BCUT2D eigenvalue weighted by Crippen LogP contribution is 2.51. The number of amides is 1. The number of alkyl halides is 3. The fourth-order valence-corrected chi connectivity index (χ4v) is 2.16. The zero-order valence-electron chi connectivity index (χ0n) is 11.1. The molecule has 1 saturated carbocycles. The molecular formula is C14H15F4NO. The highest BCUT2D eigenvalue weighted by molar-refractivity contribution is 5.82. The number of nitrogens with one attached hydrogen (secondary N) is 1. The first-order valence-corrected chi connectivity index (χ1v) is 6.25. The average Bonchev–Trinajstić information content (AvgIpc) is 2.95. The maximum atomic E-state index is 13.7. The number of halogens is 4. The van der Waals surface area contributed by atoms with Crippen LogP contribution in [0.5, 0.6) is 0 Å². The van der Waals surface area contributed by atoms with Gasteiger partial charge in [0.05, 0.1) is 5.56 Å². The van der Waals surface area contributed by atoms with Crippen molar-refractivity contribution in [2.24, 2.45) is 11.3 Å². The monoisotopic (exact) mass is 289 g/mol. The molecule has 20 heavy (non-hydrogen) atoms. The van der Waals surface area contributed by atoms with Gasteiger partial charge in [0.1, 0.15) is 5.82 Å². The normalized spacial score (nSPS) is 20.6. The van der Waals surface area contributed by atoms with Crippen LogP contribution < -0.4 is 5.32 Å². The Morgan fingerprint density at radius 2 is 2.00 bits per heavy atom. The van der Waals surface area contributed by atoms with Crippen molar-refractivity contribution in [3.05, 3.63) is 35.1 Å². The molecule has 1 N–H and O–H groups in total. The summed E-state index contributed by atoms with van der Waals surface area (Å²) in [4.78, 5) is 11.7. The minimum absolute atomic E-state index is 0.0730. The Balaban J connectivity index is 2.06. The molecule has 0 aliphatic heterocycles. The van der Waals surface area contributed by atoms with E-state index in [0.29, 0.717) is 6.07 Å². The first kappa shape index (κ1) is 14.8. The minimum Gasteiger partial charge on any atom is -0.352 e. The Morgan fingerprint density at radius 1 is 1.40 bits per heavy atom. The van der Waals surface area contributed by atoms with Gasteiger partial charge < -0.3 is 5.32 Å². The zero-order valence-corrected chi connectivity index (χ0v) is 11.1. The van der Waals surface area contributed by atoms with Crippen LogP contribution >= 0.6 is 0 Å². The van der Waals surface area contributed by atoms with E-state index in [1.54, 1.807) is 0 Å². The van der Waals surface area contributed by atoms with Crippen LogP contribution in [-0.2, 0) is 17.5 Å². The van der Waals surface area contributed by atoms with Gasteiger partial charge in [-0.05, 0) is 17.9 Å². The van der Waals surface area contributed by atoms with Crippen molar-refractivity contribution in [1.82, 2.24) is 5.32 Å². The van der Waals surface area contributed by atoms with Crippen molar-refractivity contribution in [3.63, 3.8) is 0 Å². The molecule has 1 aromatic carbocycles. The van der Waals surface area contributed by atoms with E-state index in [-0.39, 0.29) is 29.3 Å². The summed E-state index contributed by atoms with van der Waals surface area (Å²) in [6.45, 7) is 3.63. The van der Waals surface area contributed by atoms with Gasteiger partial charge in [-0.2, -0.15) is 13.2 Å². The van der Waals surface area contributed by atoms with Crippen LogP contribution in [-0.4, -0.2) is 5.91 Å². The summed E-state index contributed by atoms with van der Waals surface area (Å²) >= 11 is 0. The molecule has 0 unspecified atom stereocenters. The standard InChI is InChI=1S/C14H15F4NO/c1-13(2)6-10(13)12(20)19-7-8-4-3-5-9(11(8)15)14(16,17)18/h3-5,10H,6-7H2,1-2H3,(H,19,20)/t10-/m1/s1. The van der Waals surface area contributed by atoms with Gasteiger partial charge in [0.25, 0.3) is 0 Å². The van der Waals surface area contributed by atoms with Crippen molar-refractivity contribution in [2.75, 3.05) is 0 Å². The van der Waals surface area contributed by atoms with Gasteiger partial charge in [0.2, 0.25) is 5.91 Å². The molecule has 0 aromatic heterocycles. The first-order valence-electron chi connectivity index (χ1n) is 6.25. The number of carbonyl (C=O) groups is 1. The summed E-state index contributed by atoms with van der Waals surface area (Å²) in [7, 11) is 0. The Labute approximate surface area is 114 Å². The highest BCUT2D eigenvalue weighted by Gasteiger charge is 2.50. The lowest BCUT2D eigenvalue weighted by atomic mass is 10.1. The number of hydrogen-bond acceptors (Lipinski definition) is 1. The molecule has 0 bridgehead atoms. The predicted octanol–water partition coefficient (Wildman–Crippen LogP) is 3.51. The van der Waals surface area contributed by atoms with E-state index >= 15 is 0 Å². The predicted molar refractivity (Wildman–Crippen MR) is 65.1 cm³/mol. The SMILES string of the molecule is CC1(C)C[C@@H]1C(=O)NCc1cccc(C(F)(F)F)c1F. The van der Waals surface area contributed by atoms with Gasteiger partial charge in [-0.1, -0.05) is 26.0 Å². The van der Waals surface area contributed by atoms with Crippen LogP contribution in [0.4, 0.5) is 17.6 Å². The molecular weight excluding hydrogens is 274 g/mol. The van der Waals surface area contributed by atoms with Gasteiger partial charge in [0, 0.05) is 18.0 Å². The molecule has 6 heteroatoms. The Bertz CT molecular complexity index is 536. The topological polar surface area (TPSA) is 29.1 Å². The third-order valence-corrected chi connectivity index (χ3v) is 3.67. The number of hydrogen-bond donors (Lipinski definition) is 1. The summed E-state index contributed by atoms with van der Waals surface area (Å²) in [6, 6.07) is 3.06. The van der Waals surface area contributed by atoms with Gasteiger partial charge in [-0.15, -0.1) is 0 Å². The first-order chi connectivity index (χ1) is 9.13. The fraction of sp³-hybridized carbons (Fsp3) is 0.500. The second kappa shape index (κ2) is 4.75. The lowest BCUT2D eigenvalue weighted by molar-refractivity contribution is -0.140. The molecule has 1 atom stereocenters. The largest absolute Gasteiger partial charge is 0.419 e. The van der Waals surface area contributed by atoms with Gasteiger partial charge in [-0.25, -0.2) is 4.39 Å². The zero-order chi connectivity index (χ0) is 15.1. The molecule has 0 radical (unpaired) electrons. The van der Waals surface area contributed by atoms with Gasteiger partial charge in [0.15, 0.2) is 0 Å².